The summed E-state index contributed by atoms with van der Waals surface area (Å²) in [4.78, 5) is 4.74. The summed E-state index contributed by atoms with van der Waals surface area (Å²) in [5, 5.41) is 27.3. The molecule has 118 valence electrons. The lowest BCUT2D eigenvalue weighted by Gasteiger charge is -2.26. The third-order valence-electron chi connectivity index (χ3n) is 4.94. The Bertz CT molecular complexity index is 803. The van der Waals surface area contributed by atoms with Gasteiger partial charge in [-0.2, -0.15) is 5.26 Å². The Hall–Kier alpha value is -2.32. The number of phenolic OH excluding ortho intramolecular Hbond substituents is 1. The van der Waals surface area contributed by atoms with E-state index in [2.05, 4.69) is 10.6 Å². The molecule has 0 atom stereocenters. The molecule has 2 aromatic rings. The van der Waals surface area contributed by atoms with Crippen molar-refractivity contribution in [1.82, 2.24) is 10.3 Å². The van der Waals surface area contributed by atoms with Crippen molar-refractivity contribution in [3.8, 4) is 11.8 Å². The van der Waals surface area contributed by atoms with Crippen LogP contribution in [0, 0.1) is 11.3 Å². The molecule has 0 radical (unpaired) electrons. The maximum absolute atomic E-state index is 10.1. The predicted octanol–water partition coefficient (Wildman–Crippen LogP) is 2.46. The van der Waals surface area contributed by atoms with Gasteiger partial charge in [0.05, 0.1) is 11.1 Å². The van der Waals surface area contributed by atoms with Crippen LogP contribution in [0.2, 0.25) is 0 Å². The largest absolute Gasteiger partial charge is 0.507 e. The second-order valence-electron chi connectivity index (χ2n) is 6.43. The van der Waals surface area contributed by atoms with Crippen LogP contribution in [-0.4, -0.2) is 29.2 Å². The zero-order valence-corrected chi connectivity index (χ0v) is 13.0. The lowest BCUT2D eigenvalue weighted by molar-refractivity contribution is 0.474. The zero-order chi connectivity index (χ0) is 15.8. The molecule has 23 heavy (non-hydrogen) atoms. The van der Waals surface area contributed by atoms with Crippen molar-refractivity contribution in [3.05, 3.63) is 29.0 Å². The van der Waals surface area contributed by atoms with Crippen molar-refractivity contribution >= 4 is 16.6 Å². The molecular weight excluding hydrogens is 288 g/mol. The number of nitrogens with zero attached hydrogens (tertiary/aromatic N) is 2. The minimum atomic E-state index is 0.0353. The van der Waals surface area contributed by atoms with Crippen LogP contribution in [0.4, 0.5) is 5.69 Å². The first-order chi connectivity index (χ1) is 11.3. The van der Waals surface area contributed by atoms with E-state index in [0.717, 1.165) is 67.5 Å². The third-order valence-corrected chi connectivity index (χ3v) is 4.94. The Morgan fingerprint density at radius 3 is 2.87 bits per heavy atom. The van der Waals surface area contributed by atoms with Gasteiger partial charge >= 0.3 is 0 Å². The van der Waals surface area contributed by atoms with Crippen LogP contribution in [0.5, 0.6) is 5.75 Å². The average molecular weight is 308 g/mol. The first kappa shape index (κ1) is 14.3. The van der Waals surface area contributed by atoms with Gasteiger partial charge in [0.25, 0.3) is 0 Å². The number of nitriles is 1. The van der Waals surface area contributed by atoms with Crippen molar-refractivity contribution in [2.24, 2.45) is 0 Å². The summed E-state index contributed by atoms with van der Waals surface area (Å²) in [6.07, 6.45) is 5.35. The number of phenols is 1. The van der Waals surface area contributed by atoms with Crippen LogP contribution in [-0.2, 0) is 12.8 Å². The van der Waals surface area contributed by atoms with Gasteiger partial charge in [0.1, 0.15) is 11.8 Å². The van der Waals surface area contributed by atoms with Crippen molar-refractivity contribution in [1.29, 1.82) is 5.26 Å². The maximum Gasteiger partial charge on any atom is 0.134 e. The summed E-state index contributed by atoms with van der Waals surface area (Å²) in [7, 11) is 0. The summed E-state index contributed by atoms with van der Waals surface area (Å²) >= 11 is 0. The molecule has 1 aliphatic carbocycles. The molecule has 0 bridgehead atoms. The number of hydrogen-bond donors (Lipinski definition) is 3. The highest BCUT2D eigenvalue weighted by Crippen LogP contribution is 2.37. The van der Waals surface area contributed by atoms with Crippen molar-refractivity contribution in [3.63, 3.8) is 0 Å². The summed E-state index contributed by atoms with van der Waals surface area (Å²) in [5.41, 5.74) is 4.64. The molecule has 1 aliphatic heterocycles. The number of pyridine rings is 1. The van der Waals surface area contributed by atoms with E-state index in [1.54, 1.807) is 12.1 Å². The Morgan fingerprint density at radius 2 is 2.09 bits per heavy atom. The van der Waals surface area contributed by atoms with Crippen LogP contribution in [0.3, 0.4) is 0 Å². The van der Waals surface area contributed by atoms with Crippen LogP contribution >= 0.6 is 0 Å². The molecule has 0 amide bonds. The lowest BCUT2D eigenvalue weighted by Crippen LogP contribution is -2.35. The minimum Gasteiger partial charge on any atom is -0.507 e. The smallest absolute Gasteiger partial charge is 0.134 e. The molecule has 1 fully saturated rings. The van der Waals surface area contributed by atoms with Crippen LogP contribution in [0.15, 0.2) is 12.1 Å². The van der Waals surface area contributed by atoms with Gasteiger partial charge in [-0.15, -0.1) is 0 Å². The number of aromatic hydroxyl groups is 1. The fourth-order valence-corrected chi connectivity index (χ4v) is 3.72. The minimum absolute atomic E-state index is 0.0353. The van der Waals surface area contributed by atoms with Crippen molar-refractivity contribution in [2.45, 2.75) is 38.1 Å². The highest BCUT2D eigenvalue weighted by Gasteiger charge is 2.23. The normalized spacial score (nSPS) is 17.9. The molecular formula is C18H20N4O. The fraction of sp³-hybridized carbons (Fsp3) is 0.444. The van der Waals surface area contributed by atoms with Crippen LogP contribution < -0.4 is 10.6 Å². The zero-order valence-electron chi connectivity index (χ0n) is 13.0. The Morgan fingerprint density at radius 1 is 1.26 bits per heavy atom. The molecule has 5 heteroatoms. The van der Waals surface area contributed by atoms with E-state index in [9.17, 15) is 5.11 Å². The number of hydrogen-bond acceptors (Lipinski definition) is 5. The summed E-state index contributed by atoms with van der Waals surface area (Å²) in [6, 6.07) is 5.89. The molecule has 1 aromatic heterocycles. The lowest BCUT2D eigenvalue weighted by atomic mass is 10.0. The van der Waals surface area contributed by atoms with E-state index in [-0.39, 0.29) is 11.3 Å². The SMILES string of the molecule is N#Cc1cc2nc3c(c(NC4CCNCC4)c2cc1O)CCC3. The summed E-state index contributed by atoms with van der Waals surface area (Å²) in [6.45, 7) is 2.07. The number of aromatic nitrogens is 1. The molecule has 1 saturated heterocycles. The van der Waals surface area contributed by atoms with Crippen LogP contribution in [0.25, 0.3) is 10.9 Å². The maximum atomic E-state index is 10.1. The van der Waals surface area contributed by atoms with E-state index in [1.165, 1.54) is 5.56 Å². The van der Waals surface area contributed by atoms with Gasteiger partial charge in [0, 0.05) is 22.8 Å². The number of fused-ring (bicyclic) bond motifs is 2. The van der Waals surface area contributed by atoms with E-state index in [0.29, 0.717) is 6.04 Å². The van der Waals surface area contributed by atoms with Crippen molar-refractivity contribution in [2.75, 3.05) is 18.4 Å². The molecule has 3 N–H and O–H groups in total. The second kappa shape index (κ2) is 5.71. The van der Waals surface area contributed by atoms with Crippen LogP contribution in [0.1, 0.15) is 36.1 Å². The van der Waals surface area contributed by atoms with Gasteiger partial charge in [-0.25, -0.2) is 0 Å². The number of rotatable bonds is 2. The van der Waals surface area contributed by atoms with Crippen molar-refractivity contribution < 1.29 is 5.11 Å². The monoisotopic (exact) mass is 308 g/mol. The number of benzene rings is 1. The Balaban J connectivity index is 1.86. The van der Waals surface area contributed by atoms with E-state index in [4.69, 9.17) is 10.2 Å². The molecule has 0 unspecified atom stereocenters. The van der Waals surface area contributed by atoms with E-state index < -0.39 is 0 Å². The number of nitrogens with one attached hydrogen (secondary N) is 2. The van der Waals surface area contributed by atoms with Gasteiger partial charge in [-0.05, 0) is 62.9 Å². The molecule has 0 saturated carbocycles. The fourth-order valence-electron chi connectivity index (χ4n) is 3.72. The Labute approximate surface area is 135 Å². The van der Waals surface area contributed by atoms with Gasteiger partial charge in [-0.1, -0.05) is 0 Å². The first-order valence-electron chi connectivity index (χ1n) is 8.32. The van der Waals surface area contributed by atoms with E-state index >= 15 is 0 Å². The third kappa shape index (κ3) is 2.49. The van der Waals surface area contributed by atoms with Gasteiger partial charge < -0.3 is 15.7 Å². The number of anilines is 1. The molecule has 1 aromatic carbocycles. The molecule has 4 rings (SSSR count). The topological polar surface area (TPSA) is 81.0 Å². The number of piperidine rings is 1. The summed E-state index contributed by atoms with van der Waals surface area (Å²) < 4.78 is 0. The predicted molar refractivity (Wildman–Crippen MR) is 89.7 cm³/mol. The van der Waals surface area contributed by atoms with Gasteiger partial charge in [-0.3, -0.25) is 4.98 Å². The number of aryl methyl sites for hydroxylation is 1. The summed E-state index contributed by atoms with van der Waals surface area (Å²) in [5.74, 6) is 0.0353. The molecule has 5 nitrogen and oxygen atoms in total. The first-order valence-corrected chi connectivity index (χ1v) is 8.32. The molecule has 0 spiro atoms. The average Bonchev–Trinajstić information content (AvgIpc) is 3.04. The molecule has 2 heterocycles. The standard InChI is InChI=1S/C18H20N4O/c19-10-11-8-16-14(9-17(11)23)18(13-2-1-3-15(13)22-16)21-12-4-6-20-7-5-12/h8-9,12,20,23H,1-7H2,(H,21,22). The molecule has 2 aliphatic rings. The quantitative estimate of drug-likeness (QED) is 0.794. The van der Waals surface area contributed by atoms with Gasteiger partial charge in [0.15, 0.2) is 0 Å². The second-order valence-corrected chi connectivity index (χ2v) is 6.43. The highest BCUT2D eigenvalue weighted by molar-refractivity contribution is 5.95. The van der Waals surface area contributed by atoms with E-state index in [1.807, 2.05) is 6.07 Å². The van der Waals surface area contributed by atoms with Gasteiger partial charge in [0.2, 0.25) is 0 Å². The highest BCUT2D eigenvalue weighted by atomic mass is 16.3. The Kier molecular flexibility index (Phi) is 3.55.